The molecule has 3 rings (SSSR count). The van der Waals surface area contributed by atoms with Crippen LogP contribution in [0, 0.1) is 5.92 Å². The first-order valence-electron chi connectivity index (χ1n) is 8.49. The van der Waals surface area contributed by atoms with Gasteiger partial charge in [-0.15, -0.1) is 0 Å². The highest BCUT2D eigenvalue weighted by atomic mass is 16.5. The number of benzene rings is 1. The van der Waals surface area contributed by atoms with Crippen molar-refractivity contribution in [3.63, 3.8) is 0 Å². The van der Waals surface area contributed by atoms with Crippen LogP contribution in [-0.4, -0.2) is 56.8 Å². The summed E-state index contributed by atoms with van der Waals surface area (Å²) in [5, 5.41) is 0. The monoisotopic (exact) mass is 318 g/mol. The molecule has 0 spiro atoms. The first-order chi connectivity index (χ1) is 11.2. The van der Waals surface area contributed by atoms with Gasteiger partial charge in [0.1, 0.15) is 5.75 Å². The van der Waals surface area contributed by atoms with E-state index in [0.717, 1.165) is 57.1 Å². The number of rotatable bonds is 3. The SMILES string of the molecule is COc1ccccc1N1CCN(C(=O)C2CCCOC2C)CC1. The molecule has 1 amide bonds. The molecule has 2 unspecified atom stereocenters. The molecule has 126 valence electrons. The molecule has 23 heavy (non-hydrogen) atoms. The molecule has 0 aromatic heterocycles. The molecule has 5 heteroatoms. The Hall–Kier alpha value is -1.75. The van der Waals surface area contributed by atoms with E-state index in [4.69, 9.17) is 9.47 Å². The van der Waals surface area contributed by atoms with Gasteiger partial charge in [0, 0.05) is 32.8 Å². The van der Waals surface area contributed by atoms with Crippen LogP contribution in [0.1, 0.15) is 19.8 Å². The van der Waals surface area contributed by atoms with E-state index < -0.39 is 0 Å². The number of para-hydroxylation sites is 2. The van der Waals surface area contributed by atoms with Gasteiger partial charge in [0.05, 0.1) is 24.8 Å². The maximum absolute atomic E-state index is 12.7. The summed E-state index contributed by atoms with van der Waals surface area (Å²) >= 11 is 0. The third-order valence-electron chi connectivity index (χ3n) is 4.94. The zero-order valence-corrected chi connectivity index (χ0v) is 14.0. The molecule has 2 saturated heterocycles. The standard InChI is InChI=1S/C18H26N2O3/c1-14-15(6-5-13-23-14)18(21)20-11-9-19(10-12-20)16-7-3-4-8-17(16)22-2/h3-4,7-8,14-15H,5-6,9-13H2,1-2H3. The van der Waals surface area contributed by atoms with Crippen LogP contribution in [0.2, 0.25) is 0 Å². The van der Waals surface area contributed by atoms with Crippen LogP contribution in [0.25, 0.3) is 0 Å². The van der Waals surface area contributed by atoms with Crippen molar-refractivity contribution >= 4 is 11.6 Å². The van der Waals surface area contributed by atoms with E-state index in [2.05, 4.69) is 11.0 Å². The summed E-state index contributed by atoms with van der Waals surface area (Å²) in [5.74, 6) is 1.18. The van der Waals surface area contributed by atoms with E-state index in [-0.39, 0.29) is 17.9 Å². The average molecular weight is 318 g/mol. The van der Waals surface area contributed by atoms with Crippen molar-refractivity contribution in [2.24, 2.45) is 5.92 Å². The topological polar surface area (TPSA) is 42.0 Å². The van der Waals surface area contributed by atoms with Gasteiger partial charge in [-0.1, -0.05) is 12.1 Å². The van der Waals surface area contributed by atoms with Gasteiger partial charge in [-0.2, -0.15) is 0 Å². The lowest BCUT2D eigenvalue weighted by atomic mass is 9.93. The van der Waals surface area contributed by atoms with Crippen LogP contribution in [0.5, 0.6) is 5.75 Å². The van der Waals surface area contributed by atoms with Crippen LogP contribution in [-0.2, 0) is 9.53 Å². The molecule has 2 aliphatic rings. The number of methoxy groups -OCH3 is 1. The Morgan fingerprint density at radius 1 is 1.22 bits per heavy atom. The van der Waals surface area contributed by atoms with Crippen LogP contribution < -0.4 is 9.64 Å². The Labute approximate surface area is 138 Å². The Morgan fingerprint density at radius 2 is 1.96 bits per heavy atom. The minimum Gasteiger partial charge on any atom is -0.495 e. The molecule has 0 bridgehead atoms. The molecule has 2 aliphatic heterocycles. The minimum absolute atomic E-state index is 0.0292. The summed E-state index contributed by atoms with van der Waals surface area (Å²) in [6, 6.07) is 8.06. The number of hydrogen-bond donors (Lipinski definition) is 0. The Morgan fingerprint density at radius 3 is 2.65 bits per heavy atom. The lowest BCUT2D eigenvalue weighted by Gasteiger charge is -2.39. The fraction of sp³-hybridized carbons (Fsp3) is 0.611. The molecule has 0 N–H and O–H groups in total. The van der Waals surface area contributed by atoms with E-state index in [1.165, 1.54) is 0 Å². The number of carbonyl (C=O) groups is 1. The molecule has 2 heterocycles. The quantitative estimate of drug-likeness (QED) is 0.856. The summed E-state index contributed by atoms with van der Waals surface area (Å²) in [7, 11) is 1.70. The van der Waals surface area contributed by atoms with Gasteiger partial charge in [0.15, 0.2) is 0 Å². The predicted molar refractivity (Wildman–Crippen MR) is 89.9 cm³/mol. The van der Waals surface area contributed by atoms with Gasteiger partial charge in [0.25, 0.3) is 0 Å². The van der Waals surface area contributed by atoms with E-state index >= 15 is 0 Å². The van der Waals surface area contributed by atoms with E-state index in [1.54, 1.807) is 7.11 Å². The summed E-state index contributed by atoms with van der Waals surface area (Å²) in [5.41, 5.74) is 1.11. The molecule has 2 atom stereocenters. The predicted octanol–water partition coefficient (Wildman–Crippen LogP) is 2.16. The number of carbonyl (C=O) groups excluding carboxylic acids is 1. The maximum Gasteiger partial charge on any atom is 0.228 e. The molecule has 0 radical (unpaired) electrons. The molecule has 1 aromatic carbocycles. The van der Waals surface area contributed by atoms with Gasteiger partial charge in [-0.05, 0) is 31.9 Å². The highest BCUT2D eigenvalue weighted by molar-refractivity contribution is 5.80. The number of anilines is 1. The van der Waals surface area contributed by atoms with Crippen LogP contribution in [0.15, 0.2) is 24.3 Å². The molecular formula is C18H26N2O3. The Bertz CT molecular complexity index is 541. The third-order valence-corrected chi connectivity index (χ3v) is 4.94. The van der Waals surface area contributed by atoms with Crippen LogP contribution >= 0.6 is 0 Å². The molecule has 5 nitrogen and oxygen atoms in total. The summed E-state index contributed by atoms with van der Waals surface area (Å²) in [4.78, 5) is 17.0. The average Bonchev–Trinajstić information content (AvgIpc) is 2.61. The fourth-order valence-electron chi connectivity index (χ4n) is 3.54. The lowest BCUT2D eigenvalue weighted by molar-refractivity contribution is -0.144. The normalized spacial score (nSPS) is 25.3. The summed E-state index contributed by atoms with van der Waals surface area (Å²) in [6.45, 7) is 6.02. The van der Waals surface area contributed by atoms with Crippen molar-refractivity contribution in [2.45, 2.75) is 25.9 Å². The first-order valence-corrected chi connectivity index (χ1v) is 8.49. The third kappa shape index (κ3) is 3.44. The van der Waals surface area contributed by atoms with Crippen molar-refractivity contribution in [3.05, 3.63) is 24.3 Å². The first kappa shape index (κ1) is 16.1. The van der Waals surface area contributed by atoms with E-state index in [1.807, 2.05) is 30.0 Å². The van der Waals surface area contributed by atoms with Gasteiger partial charge < -0.3 is 19.3 Å². The number of hydrogen-bond acceptors (Lipinski definition) is 4. The second-order valence-corrected chi connectivity index (χ2v) is 6.31. The second kappa shape index (κ2) is 7.21. The summed E-state index contributed by atoms with van der Waals surface area (Å²) in [6.07, 6.45) is 1.98. The van der Waals surface area contributed by atoms with Crippen molar-refractivity contribution in [2.75, 3.05) is 44.8 Å². The molecular weight excluding hydrogens is 292 g/mol. The number of piperazine rings is 1. The van der Waals surface area contributed by atoms with Crippen molar-refractivity contribution in [1.29, 1.82) is 0 Å². The van der Waals surface area contributed by atoms with Gasteiger partial charge >= 0.3 is 0 Å². The second-order valence-electron chi connectivity index (χ2n) is 6.31. The Kier molecular flexibility index (Phi) is 5.06. The zero-order valence-electron chi connectivity index (χ0n) is 14.0. The largest absolute Gasteiger partial charge is 0.495 e. The molecule has 0 aliphatic carbocycles. The molecule has 2 fully saturated rings. The number of ether oxygens (including phenoxy) is 2. The van der Waals surface area contributed by atoms with Crippen molar-refractivity contribution in [3.8, 4) is 5.75 Å². The highest BCUT2D eigenvalue weighted by Crippen LogP contribution is 2.29. The number of amides is 1. The van der Waals surface area contributed by atoms with Crippen LogP contribution in [0.3, 0.4) is 0 Å². The lowest BCUT2D eigenvalue weighted by Crippen LogP contribution is -2.52. The molecule has 0 saturated carbocycles. The maximum atomic E-state index is 12.7. The van der Waals surface area contributed by atoms with Crippen LogP contribution in [0.4, 0.5) is 5.69 Å². The van der Waals surface area contributed by atoms with Gasteiger partial charge in [0.2, 0.25) is 5.91 Å². The van der Waals surface area contributed by atoms with Crippen molar-refractivity contribution < 1.29 is 14.3 Å². The minimum atomic E-state index is 0.0292. The van der Waals surface area contributed by atoms with E-state index in [9.17, 15) is 4.79 Å². The summed E-state index contributed by atoms with van der Waals surface area (Å²) < 4.78 is 11.1. The number of nitrogens with zero attached hydrogens (tertiary/aromatic N) is 2. The van der Waals surface area contributed by atoms with E-state index in [0.29, 0.717) is 0 Å². The van der Waals surface area contributed by atoms with Crippen molar-refractivity contribution in [1.82, 2.24) is 4.90 Å². The zero-order chi connectivity index (χ0) is 16.2. The smallest absolute Gasteiger partial charge is 0.228 e. The molecule has 1 aromatic rings. The van der Waals surface area contributed by atoms with Gasteiger partial charge in [-0.3, -0.25) is 4.79 Å². The Balaban J connectivity index is 1.61. The highest BCUT2D eigenvalue weighted by Gasteiger charge is 2.33. The van der Waals surface area contributed by atoms with Gasteiger partial charge in [-0.25, -0.2) is 0 Å². The fourth-order valence-corrected chi connectivity index (χ4v) is 3.54.